The van der Waals surface area contributed by atoms with E-state index in [0.29, 0.717) is 4.88 Å². The van der Waals surface area contributed by atoms with Gasteiger partial charge in [-0.25, -0.2) is 4.98 Å². The van der Waals surface area contributed by atoms with Crippen LogP contribution in [0.25, 0.3) is 10.6 Å². The lowest BCUT2D eigenvalue weighted by molar-refractivity contribution is -0.138. The van der Waals surface area contributed by atoms with Crippen LogP contribution in [0.15, 0.2) is 28.6 Å². The molecule has 21 heavy (non-hydrogen) atoms. The van der Waals surface area contributed by atoms with Gasteiger partial charge in [0.2, 0.25) is 0 Å². The van der Waals surface area contributed by atoms with E-state index in [-0.39, 0.29) is 16.0 Å². The summed E-state index contributed by atoms with van der Waals surface area (Å²) in [5, 5.41) is 11.0. The first kappa shape index (κ1) is 15.9. The Hall–Kier alpha value is -1.52. The van der Waals surface area contributed by atoms with Crippen molar-refractivity contribution in [3.05, 3.63) is 34.7 Å². The normalized spacial score (nSPS) is 11.7. The summed E-state index contributed by atoms with van der Waals surface area (Å²) in [5.74, 6) is 0. The Balaban J connectivity index is 2.69. The van der Waals surface area contributed by atoms with Gasteiger partial charge in [0.1, 0.15) is 11.1 Å². The summed E-state index contributed by atoms with van der Waals surface area (Å²) in [6.45, 7) is 3.69. The fraction of sp³-hybridized carbons (Fsp3) is 0.286. The molecule has 0 aliphatic heterocycles. The van der Waals surface area contributed by atoms with Gasteiger partial charge in [0.05, 0.1) is 21.7 Å². The highest BCUT2D eigenvalue weighted by Crippen LogP contribution is 2.39. The predicted octanol–water partition coefficient (Wildman–Crippen LogP) is 5.20. The van der Waals surface area contributed by atoms with Crippen molar-refractivity contribution in [2.45, 2.75) is 30.3 Å². The Morgan fingerprint density at radius 3 is 2.57 bits per heavy atom. The van der Waals surface area contributed by atoms with Crippen molar-refractivity contribution in [3.8, 4) is 16.6 Å². The Morgan fingerprint density at radius 2 is 2.10 bits per heavy atom. The highest BCUT2D eigenvalue weighted by Gasteiger charge is 2.36. The smallest absolute Gasteiger partial charge is 0.239 e. The van der Waals surface area contributed by atoms with Gasteiger partial charge < -0.3 is 0 Å². The molecule has 0 atom stereocenters. The first-order valence-corrected chi connectivity index (χ1v) is 7.81. The van der Waals surface area contributed by atoms with Crippen LogP contribution in [-0.2, 0) is 6.18 Å². The Bertz CT molecular complexity index is 671. The van der Waals surface area contributed by atoms with Crippen molar-refractivity contribution in [1.29, 1.82) is 5.26 Å². The lowest BCUT2D eigenvalue weighted by Gasteiger charge is -2.14. The molecule has 0 aliphatic carbocycles. The van der Waals surface area contributed by atoms with Gasteiger partial charge in [-0.2, -0.15) is 18.4 Å². The van der Waals surface area contributed by atoms with E-state index in [9.17, 15) is 13.2 Å². The quantitative estimate of drug-likeness (QED) is 0.727. The number of rotatable bonds is 3. The van der Waals surface area contributed by atoms with E-state index in [2.05, 4.69) is 4.98 Å². The summed E-state index contributed by atoms with van der Waals surface area (Å²) in [7, 11) is 0. The fourth-order valence-electron chi connectivity index (χ4n) is 1.71. The highest BCUT2D eigenvalue weighted by atomic mass is 32.2. The van der Waals surface area contributed by atoms with Crippen LogP contribution in [0, 0.1) is 11.3 Å². The van der Waals surface area contributed by atoms with E-state index >= 15 is 0 Å². The van der Waals surface area contributed by atoms with Crippen LogP contribution in [-0.4, -0.2) is 10.2 Å². The van der Waals surface area contributed by atoms with Gasteiger partial charge in [-0.15, -0.1) is 23.1 Å². The average molecular weight is 328 g/mol. The van der Waals surface area contributed by atoms with Gasteiger partial charge in [0.15, 0.2) is 0 Å². The monoisotopic (exact) mass is 328 g/mol. The van der Waals surface area contributed by atoms with E-state index in [1.165, 1.54) is 11.3 Å². The highest BCUT2D eigenvalue weighted by molar-refractivity contribution is 7.99. The van der Waals surface area contributed by atoms with Crippen LogP contribution in [0.1, 0.15) is 25.0 Å². The van der Waals surface area contributed by atoms with Crippen molar-refractivity contribution in [2.24, 2.45) is 0 Å². The number of halogens is 3. The molecular weight excluding hydrogens is 317 g/mol. The molecule has 7 heteroatoms. The molecule has 0 aliphatic rings. The molecule has 2 nitrogen and oxygen atoms in total. The van der Waals surface area contributed by atoms with Crippen LogP contribution in [0.4, 0.5) is 13.2 Å². The number of alkyl halides is 3. The molecule has 2 aromatic heterocycles. The molecule has 110 valence electrons. The number of aromatic nitrogens is 1. The first-order chi connectivity index (χ1) is 9.82. The second kappa shape index (κ2) is 6.08. The van der Waals surface area contributed by atoms with Gasteiger partial charge >= 0.3 is 6.18 Å². The molecule has 2 aromatic rings. The number of hydrogen-bond acceptors (Lipinski definition) is 4. The molecule has 0 N–H and O–H groups in total. The maximum absolute atomic E-state index is 13.2. The summed E-state index contributed by atoms with van der Waals surface area (Å²) >= 11 is 2.48. The van der Waals surface area contributed by atoms with E-state index in [1.54, 1.807) is 23.6 Å². The number of thioether (sulfide) groups is 1. The summed E-state index contributed by atoms with van der Waals surface area (Å²) in [5.41, 5.74) is -1.08. The average Bonchev–Trinajstić information content (AvgIpc) is 2.89. The zero-order chi connectivity index (χ0) is 15.6. The van der Waals surface area contributed by atoms with Gasteiger partial charge in [0.25, 0.3) is 0 Å². The Kier molecular flexibility index (Phi) is 4.59. The molecule has 2 heterocycles. The molecule has 0 unspecified atom stereocenters. The minimum Gasteiger partial charge on any atom is -0.239 e. The third-order valence-corrected chi connectivity index (χ3v) is 4.41. The van der Waals surface area contributed by atoms with E-state index in [4.69, 9.17) is 5.26 Å². The second-order valence-electron chi connectivity index (χ2n) is 4.49. The van der Waals surface area contributed by atoms with Gasteiger partial charge in [-0.05, 0) is 17.5 Å². The van der Waals surface area contributed by atoms with Crippen molar-refractivity contribution in [1.82, 2.24) is 4.98 Å². The third-order valence-electron chi connectivity index (χ3n) is 2.52. The second-order valence-corrected chi connectivity index (χ2v) is 7.00. The summed E-state index contributed by atoms with van der Waals surface area (Å²) in [6.07, 6.45) is -4.58. The summed E-state index contributed by atoms with van der Waals surface area (Å²) in [4.78, 5) is 4.90. The largest absolute Gasteiger partial charge is 0.417 e. The topological polar surface area (TPSA) is 36.7 Å². The minimum absolute atomic E-state index is 0.0317. The summed E-state index contributed by atoms with van der Waals surface area (Å²) < 4.78 is 39.6. The molecule has 0 radical (unpaired) electrons. The van der Waals surface area contributed by atoms with Crippen LogP contribution in [0.3, 0.4) is 0 Å². The van der Waals surface area contributed by atoms with E-state index in [0.717, 1.165) is 17.8 Å². The van der Waals surface area contributed by atoms with Gasteiger partial charge in [0, 0.05) is 5.25 Å². The maximum atomic E-state index is 13.2. The van der Waals surface area contributed by atoms with Crippen molar-refractivity contribution < 1.29 is 13.2 Å². The molecule has 0 bridgehead atoms. The maximum Gasteiger partial charge on any atom is 0.417 e. The lowest BCUT2D eigenvalue weighted by atomic mass is 10.1. The molecule has 0 spiro atoms. The van der Waals surface area contributed by atoms with Crippen molar-refractivity contribution >= 4 is 23.1 Å². The minimum atomic E-state index is -4.58. The zero-order valence-electron chi connectivity index (χ0n) is 11.2. The molecule has 0 amide bonds. The van der Waals surface area contributed by atoms with Crippen molar-refractivity contribution in [2.75, 3.05) is 0 Å². The molecule has 0 aromatic carbocycles. The third kappa shape index (κ3) is 3.57. The number of thiophene rings is 1. The number of nitrogens with zero attached hydrogens (tertiary/aromatic N) is 2. The number of pyridine rings is 1. The van der Waals surface area contributed by atoms with E-state index < -0.39 is 17.3 Å². The number of hydrogen-bond donors (Lipinski definition) is 0. The van der Waals surface area contributed by atoms with E-state index in [1.807, 2.05) is 13.8 Å². The van der Waals surface area contributed by atoms with Crippen molar-refractivity contribution in [3.63, 3.8) is 0 Å². The van der Waals surface area contributed by atoms with Gasteiger partial charge in [-0.3, -0.25) is 0 Å². The molecule has 0 fully saturated rings. The standard InChI is InChI=1S/C14H11F3N2S2/c1-8(2)21-13-9(7-18)10(14(15,16)17)6-11(19-13)12-4-3-5-20-12/h3-6,8H,1-2H3. The van der Waals surface area contributed by atoms with Crippen LogP contribution < -0.4 is 0 Å². The molecule has 0 saturated heterocycles. The fourth-order valence-corrected chi connectivity index (χ4v) is 3.27. The number of nitriles is 1. The molecule has 0 saturated carbocycles. The Labute approximate surface area is 128 Å². The van der Waals surface area contributed by atoms with Gasteiger partial charge in [-0.1, -0.05) is 19.9 Å². The first-order valence-electron chi connectivity index (χ1n) is 6.05. The van der Waals surface area contributed by atoms with Crippen LogP contribution in [0.2, 0.25) is 0 Å². The molecular formula is C14H11F3N2S2. The van der Waals surface area contributed by atoms with Crippen LogP contribution >= 0.6 is 23.1 Å². The van der Waals surface area contributed by atoms with Crippen LogP contribution in [0.5, 0.6) is 0 Å². The predicted molar refractivity (Wildman–Crippen MR) is 78.3 cm³/mol. The zero-order valence-corrected chi connectivity index (χ0v) is 12.9. The SMILES string of the molecule is CC(C)Sc1nc(-c2cccs2)cc(C(F)(F)F)c1C#N. The molecule has 2 rings (SSSR count). The summed E-state index contributed by atoms with van der Waals surface area (Å²) in [6, 6.07) is 6.07. The Morgan fingerprint density at radius 1 is 1.38 bits per heavy atom. The lowest BCUT2D eigenvalue weighted by Crippen LogP contribution is -2.11.